The summed E-state index contributed by atoms with van der Waals surface area (Å²) in [4.78, 5) is 0. The van der Waals surface area contributed by atoms with Gasteiger partial charge in [0.1, 0.15) is 5.75 Å². The minimum absolute atomic E-state index is 0.120. The maximum absolute atomic E-state index is 8.53. The van der Waals surface area contributed by atoms with Crippen LogP contribution in [0, 0.1) is 0 Å². The molecule has 4 heteroatoms. The number of ether oxygens (including phenoxy) is 1. The molecule has 1 aromatic carbocycles. The maximum Gasteiger partial charge on any atom is 0.142 e. The summed E-state index contributed by atoms with van der Waals surface area (Å²) in [6.07, 6.45) is 0.601. The van der Waals surface area contributed by atoms with Gasteiger partial charge in [0.25, 0.3) is 0 Å². The van der Waals surface area contributed by atoms with Crippen LogP contribution < -0.4 is 16.2 Å². The summed E-state index contributed by atoms with van der Waals surface area (Å²) in [5.74, 6) is 0.614. The number of hydrogen-bond acceptors (Lipinski definition) is 4. The molecule has 72 valence electrons. The summed E-state index contributed by atoms with van der Waals surface area (Å²) < 4.78 is 5.29. The Labute approximate surface area is 77.1 Å². The van der Waals surface area contributed by atoms with Gasteiger partial charge in [0.15, 0.2) is 0 Å². The van der Waals surface area contributed by atoms with Crippen LogP contribution in [0.5, 0.6) is 5.75 Å². The molecule has 4 nitrogen and oxygen atoms in total. The molecule has 0 atom stereocenters. The van der Waals surface area contributed by atoms with Gasteiger partial charge in [-0.15, -0.1) is 0 Å². The average Bonchev–Trinajstić information content (AvgIpc) is 2.09. The molecule has 0 radical (unpaired) electrons. The molecule has 1 aromatic rings. The molecule has 0 amide bonds. The zero-order chi connectivity index (χ0) is 9.68. The molecule has 0 aliphatic rings. The third-order valence-electron chi connectivity index (χ3n) is 1.59. The van der Waals surface area contributed by atoms with E-state index in [2.05, 4.69) is 0 Å². The summed E-state index contributed by atoms with van der Waals surface area (Å²) in [6.45, 7) is 0.583. The average molecular weight is 182 g/mol. The molecule has 0 spiro atoms. The van der Waals surface area contributed by atoms with Crippen molar-refractivity contribution in [3.05, 3.63) is 18.2 Å². The lowest BCUT2D eigenvalue weighted by molar-refractivity contribution is 0.234. The van der Waals surface area contributed by atoms with Crippen molar-refractivity contribution >= 4 is 11.4 Å². The molecule has 0 unspecified atom stereocenters. The minimum Gasteiger partial charge on any atom is -0.491 e. The fraction of sp³-hybridized carbons (Fsp3) is 0.333. The minimum atomic E-state index is 0.120. The summed E-state index contributed by atoms with van der Waals surface area (Å²) in [7, 11) is 0. The van der Waals surface area contributed by atoms with Crippen molar-refractivity contribution in [3.8, 4) is 5.75 Å². The molecule has 0 saturated heterocycles. The van der Waals surface area contributed by atoms with E-state index in [1.807, 2.05) is 0 Å². The highest BCUT2D eigenvalue weighted by molar-refractivity contribution is 5.60. The fourth-order valence-electron chi connectivity index (χ4n) is 0.945. The lowest BCUT2D eigenvalue weighted by Crippen LogP contribution is -2.02. The van der Waals surface area contributed by atoms with Crippen LogP contribution in [0.4, 0.5) is 11.4 Å². The molecule has 1 rings (SSSR count). The number of benzene rings is 1. The van der Waals surface area contributed by atoms with Gasteiger partial charge in [-0.1, -0.05) is 0 Å². The van der Waals surface area contributed by atoms with Crippen molar-refractivity contribution in [3.63, 3.8) is 0 Å². The quantitative estimate of drug-likeness (QED) is 0.470. The first-order chi connectivity index (χ1) is 6.24. The summed E-state index contributed by atoms with van der Waals surface area (Å²) in [6, 6.07) is 5.10. The summed E-state index contributed by atoms with van der Waals surface area (Å²) in [5.41, 5.74) is 12.3. The van der Waals surface area contributed by atoms with Gasteiger partial charge in [-0.05, 0) is 18.2 Å². The van der Waals surface area contributed by atoms with E-state index in [0.717, 1.165) is 0 Å². The second-order valence-corrected chi connectivity index (χ2v) is 2.72. The van der Waals surface area contributed by atoms with E-state index in [9.17, 15) is 0 Å². The highest BCUT2D eigenvalue weighted by Gasteiger charge is 1.99. The molecule has 13 heavy (non-hydrogen) atoms. The number of rotatable bonds is 4. The molecule has 0 saturated carbocycles. The van der Waals surface area contributed by atoms with Crippen molar-refractivity contribution < 1.29 is 9.84 Å². The zero-order valence-electron chi connectivity index (χ0n) is 7.36. The van der Waals surface area contributed by atoms with Crippen molar-refractivity contribution in [2.75, 3.05) is 24.7 Å². The first-order valence-corrected chi connectivity index (χ1v) is 4.12. The Kier molecular flexibility index (Phi) is 3.40. The monoisotopic (exact) mass is 182 g/mol. The van der Waals surface area contributed by atoms with Crippen molar-refractivity contribution in [2.24, 2.45) is 0 Å². The van der Waals surface area contributed by atoms with Crippen LogP contribution in [0.2, 0.25) is 0 Å². The molecule has 0 aliphatic heterocycles. The number of aliphatic hydroxyl groups is 1. The number of hydrogen-bond donors (Lipinski definition) is 3. The second kappa shape index (κ2) is 4.57. The Balaban J connectivity index is 2.56. The molecular formula is C9H14N2O2. The predicted molar refractivity (Wildman–Crippen MR) is 52.5 cm³/mol. The van der Waals surface area contributed by atoms with Crippen LogP contribution in [-0.2, 0) is 0 Å². The maximum atomic E-state index is 8.53. The van der Waals surface area contributed by atoms with Crippen molar-refractivity contribution in [1.82, 2.24) is 0 Å². The first kappa shape index (κ1) is 9.67. The Morgan fingerprint density at radius 3 is 2.69 bits per heavy atom. The molecular weight excluding hydrogens is 168 g/mol. The Morgan fingerprint density at radius 2 is 2.08 bits per heavy atom. The normalized spacial score (nSPS) is 9.92. The highest BCUT2D eigenvalue weighted by Crippen LogP contribution is 2.23. The summed E-state index contributed by atoms with van der Waals surface area (Å²) in [5, 5.41) is 8.53. The smallest absolute Gasteiger partial charge is 0.142 e. The highest BCUT2D eigenvalue weighted by atomic mass is 16.5. The van der Waals surface area contributed by atoms with E-state index >= 15 is 0 Å². The topological polar surface area (TPSA) is 81.5 Å². The van der Waals surface area contributed by atoms with Gasteiger partial charge in [-0.3, -0.25) is 0 Å². The van der Waals surface area contributed by atoms with Crippen LogP contribution >= 0.6 is 0 Å². The fourth-order valence-corrected chi connectivity index (χ4v) is 0.945. The van der Waals surface area contributed by atoms with Crippen LogP contribution in [0.25, 0.3) is 0 Å². The largest absolute Gasteiger partial charge is 0.491 e. The van der Waals surface area contributed by atoms with E-state index < -0.39 is 0 Å². The molecule has 0 aliphatic carbocycles. The van der Waals surface area contributed by atoms with Gasteiger partial charge in [0.05, 0.1) is 12.3 Å². The van der Waals surface area contributed by atoms with E-state index in [4.69, 9.17) is 21.3 Å². The van der Waals surface area contributed by atoms with E-state index in [-0.39, 0.29) is 6.61 Å². The van der Waals surface area contributed by atoms with Crippen molar-refractivity contribution in [1.29, 1.82) is 0 Å². The first-order valence-electron chi connectivity index (χ1n) is 4.12. The molecule has 5 N–H and O–H groups in total. The van der Waals surface area contributed by atoms with E-state index in [1.165, 1.54) is 0 Å². The van der Waals surface area contributed by atoms with Gasteiger partial charge in [0.2, 0.25) is 0 Å². The molecule has 0 bridgehead atoms. The lowest BCUT2D eigenvalue weighted by Gasteiger charge is -2.08. The van der Waals surface area contributed by atoms with E-state index in [0.29, 0.717) is 30.2 Å². The van der Waals surface area contributed by atoms with Gasteiger partial charge in [-0.2, -0.15) is 0 Å². The Morgan fingerprint density at radius 1 is 1.31 bits per heavy atom. The summed E-state index contributed by atoms with van der Waals surface area (Å²) >= 11 is 0. The lowest BCUT2D eigenvalue weighted by atomic mass is 10.2. The number of nitrogen functional groups attached to an aromatic ring is 2. The van der Waals surface area contributed by atoms with Crippen LogP contribution in [0.1, 0.15) is 6.42 Å². The molecule has 0 fully saturated rings. The van der Waals surface area contributed by atoms with E-state index in [1.54, 1.807) is 18.2 Å². The number of nitrogens with two attached hydrogens (primary N) is 2. The van der Waals surface area contributed by atoms with Crippen LogP contribution in [0.3, 0.4) is 0 Å². The second-order valence-electron chi connectivity index (χ2n) is 2.72. The third kappa shape index (κ3) is 2.83. The number of anilines is 2. The van der Waals surface area contributed by atoms with Gasteiger partial charge < -0.3 is 21.3 Å². The van der Waals surface area contributed by atoms with Gasteiger partial charge >= 0.3 is 0 Å². The molecule has 0 aromatic heterocycles. The standard InChI is InChI=1S/C9H14N2O2/c10-7-2-3-9(8(11)6-7)13-5-1-4-12/h2-3,6,12H,1,4-5,10-11H2. The zero-order valence-corrected chi connectivity index (χ0v) is 7.36. The van der Waals surface area contributed by atoms with Gasteiger partial charge in [0, 0.05) is 18.7 Å². The predicted octanol–water partition coefficient (Wildman–Crippen LogP) is 0.612. The van der Waals surface area contributed by atoms with Crippen LogP contribution in [-0.4, -0.2) is 18.3 Å². The number of aliphatic hydroxyl groups excluding tert-OH is 1. The van der Waals surface area contributed by atoms with Gasteiger partial charge in [-0.25, -0.2) is 0 Å². The molecule has 0 heterocycles. The van der Waals surface area contributed by atoms with Crippen molar-refractivity contribution in [2.45, 2.75) is 6.42 Å². The Bertz CT molecular complexity index is 276. The third-order valence-corrected chi connectivity index (χ3v) is 1.59. The van der Waals surface area contributed by atoms with Crippen LogP contribution in [0.15, 0.2) is 18.2 Å². The SMILES string of the molecule is Nc1ccc(OCCCO)c(N)c1. The Hall–Kier alpha value is -1.42.